The molecular weight excluding hydrogens is 324 g/mol. The van der Waals surface area contributed by atoms with Crippen LogP contribution in [0, 0.1) is 0 Å². The van der Waals surface area contributed by atoms with E-state index in [1.54, 1.807) is 5.19 Å². The lowest BCUT2D eigenvalue weighted by Gasteiger charge is -2.40. The fraction of sp³-hybridized carbons (Fsp3) is 0.429. The number of hydrogen-bond acceptors (Lipinski definition) is 1. The SMILES string of the molecule is C[C@]1(C[Si](C)(C)c2ccccc2)C[C@@H](c2ccccc2)O[Si]1(C)C. The fourth-order valence-corrected chi connectivity index (χ4v) is 12.6. The van der Waals surface area contributed by atoms with Gasteiger partial charge in [0.1, 0.15) is 0 Å². The van der Waals surface area contributed by atoms with Crippen molar-refractivity contribution in [2.75, 3.05) is 0 Å². The van der Waals surface area contributed by atoms with Crippen LogP contribution in [0.5, 0.6) is 0 Å². The Morgan fingerprint density at radius 2 is 1.54 bits per heavy atom. The zero-order chi connectivity index (χ0) is 17.4. The average Bonchev–Trinajstić information content (AvgIpc) is 2.78. The minimum Gasteiger partial charge on any atom is -0.410 e. The molecule has 128 valence electrons. The topological polar surface area (TPSA) is 9.23 Å². The normalized spacial score (nSPS) is 26.5. The molecule has 0 bridgehead atoms. The average molecular weight is 355 g/mol. The molecule has 2 atom stereocenters. The van der Waals surface area contributed by atoms with Gasteiger partial charge in [-0.15, -0.1) is 0 Å². The van der Waals surface area contributed by atoms with E-state index in [0.717, 1.165) is 0 Å². The van der Waals surface area contributed by atoms with Gasteiger partial charge >= 0.3 is 0 Å². The molecule has 0 spiro atoms. The van der Waals surface area contributed by atoms with Crippen LogP contribution in [0.1, 0.15) is 25.0 Å². The Kier molecular flexibility index (Phi) is 4.62. The summed E-state index contributed by atoms with van der Waals surface area (Å²) in [5.41, 5.74) is 1.35. The van der Waals surface area contributed by atoms with E-state index in [0.29, 0.717) is 5.04 Å². The van der Waals surface area contributed by atoms with Gasteiger partial charge < -0.3 is 4.43 Å². The first-order valence-corrected chi connectivity index (χ1v) is 15.1. The molecule has 0 N–H and O–H groups in total. The molecule has 1 fully saturated rings. The van der Waals surface area contributed by atoms with Crippen LogP contribution in [-0.4, -0.2) is 16.4 Å². The molecule has 0 radical (unpaired) electrons. The monoisotopic (exact) mass is 354 g/mol. The molecule has 24 heavy (non-hydrogen) atoms. The summed E-state index contributed by atoms with van der Waals surface area (Å²) in [5.74, 6) is 0. The van der Waals surface area contributed by atoms with E-state index in [4.69, 9.17) is 4.43 Å². The summed E-state index contributed by atoms with van der Waals surface area (Å²) in [6.07, 6.45) is 1.44. The summed E-state index contributed by atoms with van der Waals surface area (Å²) in [5, 5.41) is 1.90. The number of rotatable bonds is 4. The molecule has 1 heterocycles. The molecule has 1 nitrogen and oxygen atoms in total. The maximum absolute atomic E-state index is 6.69. The first-order valence-electron chi connectivity index (χ1n) is 9.02. The summed E-state index contributed by atoms with van der Waals surface area (Å²) in [7, 11) is -3.23. The van der Waals surface area contributed by atoms with E-state index >= 15 is 0 Å². The second-order valence-corrected chi connectivity index (χ2v) is 17.9. The minimum absolute atomic E-state index is 0.276. The lowest BCUT2D eigenvalue weighted by molar-refractivity contribution is 0.227. The van der Waals surface area contributed by atoms with E-state index in [1.165, 1.54) is 18.0 Å². The predicted molar refractivity (Wildman–Crippen MR) is 109 cm³/mol. The molecule has 0 aliphatic carbocycles. The molecule has 1 aliphatic heterocycles. The lowest BCUT2D eigenvalue weighted by atomic mass is 9.99. The summed E-state index contributed by atoms with van der Waals surface area (Å²) in [4.78, 5) is 0. The quantitative estimate of drug-likeness (QED) is 0.637. The Labute approximate surface area is 149 Å². The molecular formula is C21H30OSi2. The van der Waals surface area contributed by atoms with Gasteiger partial charge in [0.25, 0.3) is 0 Å². The van der Waals surface area contributed by atoms with Crippen LogP contribution < -0.4 is 5.19 Å². The van der Waals surface area contributed by atoms with Gasteiger partial charge in [-0.1, -0.05) is 85.9 Å². The van der Waals surface area contributed by atoms with E-state index in [-0.39, 0.29) is 6.10 Å². The number of hydrogen-bond donors (Lipinski definition) is 0. The standard InChI is InChI=1S/C21H30OSi2/c1-21(17-23(2,3)19-14-10-7-11-15-19)16-20(22-24(21,4)5)18-12-8-6-9-13-18/h6-15,20H,16-17H2,1-5H3/t20-,21+/m0/s1. The Balaban J connectivity index is 1.86. The highest BCUT2D eigenvalue weighted by Crippen LogP contribution is 2.58. The van der Waals surface area contributed by atoms with Crippen molar-refractivity contribution in [1.29, 1.82) is 0 Å². The first kappa shape index (κ1) is 17.7. The van der Waals surface area contributed by atoms with Crippen molar-refractivity contribution in [2.45, 2.75) is 56.7 Å². The summed E-state index contributed by atoms with van der Waals surface area (Å²) in [6, 6.07) is 23.3. The van der Waals surface area contributed by atoms with Crippen molar-refractivity contribution in [1.82, 2.24) is 0 Å². The van der Waals surface area contributed by atoms with Crippen LogP contribution >= 0.6 is 0 Å². The van der Waals surface area contributed by atoms with Crippen molar-refractivity contribution in [3.8, 4) is 0 Å². The zero-order valence-corrected chi connectivity index (χ0v) is 17.7. The highest BCUT2D eigenvalue weighted by atomic mass is 28.4. The van der Waals surface area contributed by atoms with Crippen LogP contribution in [0.15, 0.2) is 60.7 Å². The van der Waals surface area contributed by atoms with Gasteiger partial charge in [0.15, 0.2) is 8.32 Å². The fourth-order valence-electron chi connectivity index (χ4n) is 4.30. The molecule has 0 amide bonds. The van der Waals surface area contributed by atoms with Gasteiger partial charge in [-0.05, 0) is 36.2 Å². The summed E-state index contributed by atoms with van der Waals surface area (Å²) < 4.78 is 6.69. The van der Waals surface area contributed by atoms with Crippen LogP contribution in [-0.2, 0) is 4.43 Å². The van der Waals surface area contributed by atoms with Crippen molar-refractivity contribution in [3.63, 3.8) is 0 Å². The molecule has 1 saturated heterocycles. The zero-order valence-electron chi connectivity index (χ0n) is 15.7. The van der Waals surface area contributed by atoms with Crippen molar-refractivity contribution < 1.29 is 4.43 Å². The molecule has 3 rings (SSSR count). The molecule has 0 aromatic heterocycles. The largest absolute Gasteiger partial charge is 0.410 e. The second-order valence-electron chi connectivity index (χ2n) is 8.72. The highest BCUT2D eigenvalue weighted by molar-refractivity contribution is 6.91. The van der Waals surface area contributed by atoms with Crippen molar-refractivity contribution in [2.24, 2.45) is 0 Å². The minimum atomic E-state index is -1.75. The third-order valence-electron chi connectivity index (χ3n) is 6.09. The predicted octanol–water partition coefficient (Wildman–Crippen LogP) is 5.73. The van der Waals surface area contributed by atoms with Gasteiger partial charge in [0, 0.05) is 0 Å². The lowest BCUT2D eigenvalue weighted by Crippen LogP contribution is -2.48. The van der Waals surface area contributed by atoms with Gasteiger partial charge in [-0.3, -0.25) is 0 Å². The van der Waals surface area contributed by atoms with Gasteiger partial charge in [0.2, 0.25) is 0 Å². The molecule has 1 aliphatic rings. The molecule has 0 unspecified atom stereocenters. The summed E-state index contributed by atoms with van der Waals surface area (Å²) in [6.45, 7) is 12.4. The maximum Gasteiger partial charge on any atom is 0.193 e. The van der Waals surface area contributed by atoms with Crippen LogP contribution in [0.25, 0.3) is 0 Å². The van der Waals surface area contributed by atoms with Gasteiger partial charge in [-0.25, -0.2) is 0 Å². The molecule has 2 aromatic carbocycles. The van der Waals surface area contributed by atoms with Gasteiger partial charge in [0.05, 0.1) is 14.2 Å². The van der Waals surface area contributed by atoms with Crippen molar-refractivity contribution in [3.05, 3.63) is 66.2 Å². The molecule has 2 aromatic rings. The highest BCUT2D eigenvalue weighted by Gasteiger charge is 2.55. The Morgan fingerprint density at radius 3 is 2.12 bits per heavy atom. The van der Waals surface area contributed by atoms with Crippen LogP contribution in [0.2, 0.25) is 37.3 Å². The van der Waals surface area contributed by atoms with E-state index < -0.39 is 16.4 Å². The first-order chi connectivity index (χ1) is 11.2. The Bertz CT molecular complexity index is 681. The number of benzene rings is 2. The maximum atomic E-state index is 6.69. The third-order valence-corrected chi connectivity index (χ3v) is 14.2. The second kappa shape index (κ2) is 6.28. The third kappa shape index (κ3) is 3.30. The van der Waals surface area contributed by atoms with E-state index in [1.807, 2.05) is 0 Å². The van der Waals surface area contributed by atoms with Crippen LogP contribution in [0.3, 0.4) is 0 Å². The Morgan fingerprint density at radius 1 is 1.00 bits per heavy atom. The molecule has 0 saturated carbocycles. The van der Waals surface area contributed by atoms with E-state index in [9.17, 15) is 0 Å². The van der Waals surface area contributed by atoms with E-state index in [2.05, 4.69) is 93.8 Å². The van der Waals surface area contributed by atoms with Crippen LogP contribution in [0.4, 0.5) is 0 Å². The van der Waals surface area contributed by atoms with Crippen molar-refractivity contribution >= 4 is 21.6 Å². The Hall–Kier alpha value is -1.17. The summed E-state index contributed by atoms with van der Waals surface area (Å²) >= 11 is 0. The van der Waals surface area contributed by atoms with Gasteiger partial charge in [-0.2, -0.15) is 0 Å². The molecule has 3 heteroatoms. The smallest absolute Gasteiger partial charge is 0.193 e.